The van der Waals surface area contributed by atoms with E-state index in [9.17, 15) is 9.59 Å². The summed E-state index contributed by atoms with van der Waals surface area (Å²) in [6, 6.07) is 0. The second kappa shape index (κ2) is 10.8. The second-order valence-corrected chi connectivity index (χ2v) is 10.6. The van der Waals surface area contributed by atoms with Gasteiger partial charge in [-0.1, -0.05) is 19.3 Å². The molecule has 1 saturated carbocycles. The summed E-state index contributed by atoms with van der Waals surface area (Å²) >= 11 is 0. The maximum absolute atomic E-state index is 12.7. The highest BCUT2D eigenvalue weighted by atomic mass is 16.6. The molecule has 0 bridgehead atoms. The first-order valence-electron chi connectivity index (χ1n) is 12.3. The van der Waals surface area contributed by atoms with Gasteiger partial charge in [-0.25, -0.2) is 4.79 Å². The van der Waals surface area contributed by atoms with Crippen molar-refractivity contribution in [3.8, 4) is 0 Å². The van der Waals surface area contributed by atoms with E-state index in [-0.39, 0.29) is 6.09 Å². The van der Waals surface area contributed by atoms with Crippen LogP contribution in [0.4, 0.5) is 4.79 Å². The van der Waals surface area contributed by atoms with Crippen molar-refractivity contribution in [3.63, 3.8) is 0 Å². The maximum Gasteiger partial charge on any atom is 0.410 e. The average Bonchev–Trinajstić information content (AvgIpc) is 2.73. The van der Waals surface area contributed by atoms with Gasteiger partial charge in [0, 0.05) is 45.2 Å². The Labute approximate surface area is 183 Å². The summed E-state index contributed by atoms with van der Waals surface area (Å²) in [6.07, 6.45) is 10.4. The Kier molecular flexibility index (Phi) is 8.44. The lowest BCUT2D eigenvalue weighted by Gasteiger charge is -2.37. The summed E-state index contributed by atoms with van der Waals surface area (Å²) in [5.41, 5.74) is -0.418. The third kappa shape index (κ3) is 7.14. The monoisotopic (exact) mass is 421 g/mol. The minimum Gasteiger partial charge on any atom is -0.444 e. The Morgan fingerprint density at radius 1 is 0.833 bits per heavy atom. The highest BCUT2D eigenvalue weighted by Crippen LogP contribution is 2.26. The van der Waals surface area contributed by atoms with Crippen LogP contribution >= 0.6 is 0 Å². The average molecular weight is 422 g/mol. The number of rotatable bonds is 5. The molecule has 3 aliphatic rings. The fourth-order valence-corrected chi connectivity index (χ4v) is 5.13. The number of nitrogens with zero attached hydrogens (tertiary/aromatic N) is 3. The summed E-state index contributed by atoms with van der Waals surface area (Å²) in [5, 5.41) is 0. The van der Waals surface area contributed by atoms with Gasteiger partial charge in [-0.2, -0.15) is 0 Å². The number of ether oxygens (including phenoxy) is 1. The fourth-order valence-electron chi connectivity index (χ4n) is 5.13. The smallest absolute Gasteiger partial charge is 0.410 e. The number of hydrogen-bond acceptors (Lipinski definition) is 4. The van der Waals surface area contributed by atoms with Crippen LogP contribution in [0.25, 0.3) is 0 Å². The molecule has 0 unspecified atom stereocenters. The summed E-state index contributed by atoms with van der Waals surface area (Å²) in [7, 11) is 0. The van der Waals surface area contributed by atoms with Crippen LogP contribution in [0.2, 0.25) is 0 Å². The fraction of sp³-hybridized carbons (Fsp3) is 0.917. The predicted octanol–water partition coefficient (Wildman–Crippen LogP) is 4.14. The number of amides is 2. The number of carbonyl (C=O) groups excluding carboxylic acids is 2. The van der Waals surface area contributed by atoms with Crippen LogP contribution in [-0.2, 0) is 9.53 Å². The van der Waals surface area contributed by atoms with Gasteiger partial charge in [0.1, 0.15) is 5.60 Å². The summed E-state index contributed by atoms with van der Waals surface area (Å²) in [6.45, 7) is 12.4. The van der Waals surface area contributed by atoms with E-state index in [2.05, 4.69) is 9.80 Å². The molecule has 172 valence electrons. The Morgan fingerprint density at radius 2 is 1.47 bits per heavy atom. The molecule has 2 aliphatic heterocycles. The molecule has 0 spiro atoms. The highest BCUT2D eigenvalue weighted by Gasteiger charge is 2.29. The first kappa shape index (κ1) is 23.4. The largest absolute Gasteiger partial charge is 0.444 e. The van der Waals surface area contributed by atoms with Gasteiger partial charge in [0.25, 0.3) is 0 Å². The topological polar surface area (TPSA) is 53.1 Å². The first-order chi connectivity index (χ1) is 14.3. The number of hydrogen-bond donors (Lipinski definition) is 0. The van der Waals surface area contributed by atoms with E-state index >= 15 is 0 Å². The van der Waals surface area contributed by atoms with Gasteiger partial charge in [0.05, 0.1) is 0 Å². The van der Waals surface area contributed by atoms with Gasteiger partial charge in [-0.05, 0) is 71.8 Å². The van der Waals surface area contributed by atoms with E-state index in [0.717, 1.165) is 77.4 Å². The Bertz CT molecular complexity index is 553. The third-order valence-corrected chi connectivity index (χ3v) is 6.99. The highest BCUT2D eigenvalue weighted by molar-refractivity contribution is 5.79. The van der Waals surface area contributed by atoms with Gasteiger partial charge in [-0.3, -0.25) is 9.69 Å². The molecule has 0 atom stereocenters. The Morgan fingerprint density at radius 3 is 2.07 bits per heavy atom. The predicted molar refractivity (Wildman–Crippen MR) is 119 cm³/mol. The lowest BCUT2D eigenvalue weighted by atomic mass is 9.88. The van der Waals surface area contributed by atoms with Crippen molar-refractivity contribution in [2.75, 3.05) is 45.8 Å². The van der Waals surface area contributed by atoms with E-state index in [1.165, 1.54) is 32.1 Å². The molecule has 2 heterocycles. The summed E-state index contributed by atoms with van der Waals surface area (Å²) in [4.78, 5) is 31.4. The molecule has 0 N–H and O–H groups in total. The van der Waals surface area contributed by atoms with Crippen molar-refractivity contribution in [3.05, 3.63) is 0 Å². The van der Waals surface area contributed by atoms with Crippen LogP contribution in [0.1, 0.15) is 78.6 Å². The molecule has 6 heteroatoms. The lowest BCUT2D eigenvalue weighted by molar-refractivity contribution is -0.138. The van der Waals surface area contributed by atoms with Crippen molar-refractivity contribution in [1.82, 2.24) is 14.7 Å². The van der Waals surface area contributed by atoms with Crippen LogP contribution < -0.4 is 0 Å². The molecule has 2 amide bonds. The quantitative estimate of drug-likeness (QED) is 0.669. The van der Waals surface area contributed by atoms with Crippen LogP contribution in [0.5, 0.6) is 0 Å². The molecule has 0 aromatic rings. The van der Waals surface area contributed by atoms with E-state index in [4.69, 9.17) is 4.74 Å². The second-order valence-electron chi connectivity index (χ2n) is 10.6. The molecule has 2 saturated heterocycles. The van der Waals surface area contributed by atoms with Gasteiger partial charge >= 0.3 is 6.09 Å². The Balaban J connectivity index is 1.27. The van der Waals surface area contributed by atoms with E-state index in [0.29, 0.717) is 11.8 Å². The molecular weight excluding hydrogens is 378 g/mol. The minimum atomic E-state index is -0.418. The standard InChI is InChI=1S/C24H43N3O3/c1-24(2,3)30-23(29)27-14-11-20(12-15-27)8-7-13-25-16-18-26(19-17-25)22(28)21-9-5-4-6-10-21/h20-21H,4-19H2,1-3H3. The van der Waals surface area contributed by atoms with Crippen LogP contribution in [-0.4, -0.2) is 78.1 Å². The Hall–Kier alpha value is -1.30. The van der Waals surface area contributed by atoms with Gasteiger partial charge in [-0.15, -0.1) is 0 Å². The van der Waals surface area contributed by atoms with Crippen molar-refractivity contribution in [2.45, 2.75) is 84.2 Å². The normalized spacial score (nSPS) is 22.9. The zero-order valence-electron chi connectivity index (χ0n) is 19.5. The maximum atomic E-state index is 12.7. The number of carbonyl (C=O) groups is 2. The molecule has 1 aliphatic carbocycles. The minimum absolute atomic E-state index is 0.165. The molecule has 6 nitrogen and oxygen atoms in total. The SMILES string of the molecule is CC(C)(C)OC(=O)N1CCC(CCCN2CCN(C(=O)C3CCCCC3)CC2)CC1. The number of piperazine rings is 1. The summed E-state index contributed by atoms with van der Waals surface area (Å²) < 4.78 is 5.49. The van der Waals surface area contributed by atoms with Crippen molar-refractivity contribution in [2.24, 2.45) is 11.8 Å². The molecule has 3 fully saturated rings. The molecule has 0 aromatic heterocycles. The zero-order valence-corrected chi connectivity index (χ0v) is 19.5. The van der Waals surface area contributed by atoms with Crippen LogP contribution in [0.15, 0.2) is 0 Å². The van der Waals surface area contributed by atoms with Crippen molar-refractivity contribution in [1.29, 1.82) is 0 Å². The molecule has 0 aromatic carbocycles. The third-order valence-electron chi connectivity index (χ3n) is 6.99. The molecular formula is C24H43N3O3. The van der Waals surface area contributed by atoms with Gasteiger partial charge in [0.2, 0.25) is 5.91 Å². The van der Waals surface area contributed by atoms with Gasteiger partial charge in [0.15, 0.2) is 0 Å². The molecule has 0 radical (unpaired) electrons. The molecule has 3 rings (SSSR count). The number of likely N-dealkylation sites (tertiary alicyclic amines) is 1. The van der Waals surface area contributed by atoms with Crippen LogP contribution in [0.3, 0.4) is 0 Å². The van der Waals surface area contributed by atoms with Crippen molar-refractivity contribution < 1.29 is 14.3 Å². The van der Waals surface area contributed by atoms with Crippen LogP contribution in [0, 0.1) is 11.8 Å². The summed E-state index contributed by atoms with van der Waals surface area (Å²) in [5.74, 6) is 1.45. The first-order valence-corrected chi connectivity index (χ1v) is 12.3. The van der Waals surface area contributed by atoms with Crippen molar-refractivity contribution >= 4 is 12.0 Å². The van der Waals surface area contributed by atoms with E-state index in [1.807, 2.05) is 25.7 Å². The zero-order chi connectivity index (χ0) is 21.6. The van der Waals surface area contributed by atoms with E-state index < -0.39 is 5.60 Å². The number of piperidine rings is 1. The molecule has 30 heavy (non-hydrogen) atoms. The lowest BCUT2D eigenvalue weighted by Crippen LogP contribution is -2.50. The van der Waals surface area contributed by atoms with Gasteiger partial charge < -0.3 is 14.5 Å². The van der Waals surface area contributed by atoms with E-state index in [1.54, 1.807) is 0 Å².